The minimum atomic E-state index is -3.73. The highest BCUT2D eigenvalue weighted by Gasteiger charge is 2.32. The van der Waals surface area contributed by atoms with Crippen molar-refractivity contribution in [1.29, 1.82) is 0 Å². The number of hydrogen-bond acceptors (Lipinski definition) is 5. The summed E-state index contributed by atoms with van der Waals surface area (Å²) in [5, 5.41) is 0. The molecule has 0 radical (unpaired) electrons. The molecule has 2 unspecified atom stereocenters. The highest BCUT2D eigenvalue weighted by Crippen LogP contribution is 2.23. The van der Waals surface area contributed by atoms with E-state index in [0.717, 1.165) is 17.4 Å². The summed E-state index contributed by atoms with van der Waals surface area (Å²) in [7, 11) is -3.73. The summed E-state index contributed by atoms with van der Waals surface area (Å²) in [5.41, 5.74) is 0.371. The monoisotopic (exact) mass is 495 g/mol. The summed E-state index contributed by atoms with van der Waals surface area (Å²) in [6.45, 7) is 6.25. The number of carbonyl (C=O) groups excluding carboxylic acids is 1. The van der Waals surface area contributed by atoms with Crippen LogP contribution in [0.1, 0.15) is 31.1 Å². The Kier molecular flexibility index (Phi) is 6.50. The van der Waals surface area contributed by atoms with Crippen molar-refractivity contribution in [2.45, 2.75) is 44.4 Å². The molecule has 176 valence electrons. The number of morpholine rings is 1. The van der Waals surface area contributed by atoms with Gasteiger partial charge in [-0.25, -0.2) is 17.2 Å². The largest absolute Gasteiger partial charge is 0.373 e. The fourth-order valence-electron chi connectivity index (χ4n) is 3.90. The van der Waals surface area contributed by atoms with Crippen molar-refractivity contribution in [2.75, 3.05) is 13.1 Å². The third-order valence-corrected chi connectivity index (χ3v) is 8.21. The summed E-state index contributed by atoms with van der Waals surface area (Å²) in [4.78, 5) is 17.1. The van der Waals surface area contributed by atoms with E-state index in [1.807, 2.05) is 13.8 Å². The van der Waals surface area contributed by atoms with Gasteiger partial charge in [0.05, 0.1) is 27.3 Å². The first-order chi connectivity index (χ1) is 15.6. The maximum Gasteiger partial charge on any atom is 0.279 e. The second-order valence-corrected chi connectivity index (χ2v) is 10.8. The molecule has 7 nitrogen and oxygen atoms in total. The molecule has 3 aromatic rings. The second-order valence-electron chi connectivity index (χ2n) is 7.88. The van der Waals surface area contributed by atoms with Crippen molar-refractivity contribution in [3.05, 3.63) is 58.4 Å². The number of aryl methyl sites for hydroxylation is 1. The number of fused-ring (bicyclic) bond motifs is 1. The van der Waals surface area contributed by atoms with Crippen molar-refractivity contribution in [1.82, 2.24) is 8.87 Å². The predicted octanol–water partition coefficient (Wildman–Crippen LogP) is 3.54. The molecule has 1 amide bonds. The SMILES string of the molecule is CCn1c(=NC(=O)c2ccc(S(=O)(=O)N3CC(C)OC(C)C3)cc2)sc2cc(F)cc(F)c21. The Bertz CT molecular complexity index is 1370. The van der Waals surface area contributed by atoms with E-state index in [1.165, 1.54) is 39.2 Å². The van der Waals surface area contributed by atoms with Gasteiger partial charge in [-0.15, -0.1) is 0 Å². The third-order valence-electron chi connectivity index (χ3n) is 5.33. The number of aromatic nitrogens is 1. The lowest BCUT2D eigenvalue weighted by Gasteiger charge is -2.34. The van der Waals surface area contributed by atoms with Crippen molar-refractivity contribution >= 4 is 37.5 Å². The van der Waals surface area contributed by atoms with Gasteiger partial charge in [0.25, 0.3) is 5.91 Å². The summed E-state index contributed by atoms with van der Waals surface area (Å²) in [5.74, 6) is -2.04. The first-order valence-corrected chi connectivity index (χ1v) is 12.7. The molecule has 4 rings (SSSR count). The lowest BCUT2D eigenvalue weighted by atomic mass is 10.2. The fourth-order valence-corrected chi connectivity index (χ4v) is 6.63. The zero-order chi connectivity index (χ0) is 23.9. The van der Waals surface area contributed by atoms with Crippen LogP contribution in [0.4, 0.5) is 8.78 Å². The number of benzene rings is 2. The van der Waals surface area contributed by atoms with E-state index in [2.05, 4.69) is 4.99 Å². The molecule has 1 aromatic heterocycles. The minimum Gasteiger partial charge on any atom is -0.373 e. The maximum atomic E-state index is 14.3. The molecular weight excluding hydrogens is 472 g/mol. The number of ether oxygens (including phenoxy) is 1. The Hall–Kier alpha value is -2.47. The van der Waals surface area contributed by atoms with Crippen LogP contribution in [0.3, 0.4) is 0 Å². The molecule has 1 fully saturated rings. The van der Waals surface area contributed by atoms with Crippen LogP contribution in [0, 0.1) is 11.6 Å². The van der Waals surface area contributed by atoms with Crippen LogP contribution in [0.25, 0.3) is 10.2 Å². The zero-order valence-electron chi connectivity index (χ0n) is 18.3. The zero-order valence-corrected chi connectivity index (χ0v) is 19.9. The predicted molar refractivity (Wildman–Crippen MR) is 121 cm³/mol. The molecule has 2 heterocycles. The lowest BCUT2D eigenvalue weighted by Crippen LogP contribution is -2.48. The van der Waals surface area contributed by atoms with Crippen LogP contribution in [0.15, 0.2) is 46.3 Å². The molecule has 0 spiro atoms. The van der Waals surface area contributed by atoms with E-state index in [1.54, 1.807) is 6.92 Å². The number of amides is 1. The van der Waals surface area contributed by atoms with Gasteiger partial charge in [0.2, 0.25) is 10.0 Å². The topological polar surface area (TPSA) is 81.0 Å². The molecule has 1 aliphatic heterocycles. The van der Waals surface area contributed by atoms with Gasteiger partial charge >= 0.3 is 0 Å². The van der Waals surface area contributed by atoms with Gasteiger partial charge in [0, 0.05) is 31.3 Å². The van der Waals surface area contributed by atoms with Gasteiger partial charge in [-0.3, -0.25) is 4.79 Å². The number of nitrogens with zero attached hydrogens (tertiary/aromatic N) is 3. The van der Waals surface area contributed by atoms with Gasteiger partial charge in [0.15, 0.2) is 10.6 Å². The molecular formula is C22H23F2N3O4S2. The second kappa shape index (κ2) is 9.05. The van der Waals surface area contributed by atoms with E-state index < -0.39 is 27.6 Å². The number of thiazole rings is 1. The van der Waals surface area contributed by atoms with E-state index in [9.17, 15) is 22.0 Å². The van der Waals surface area contributed by atoms with E-state index in [0.29, 0.717) is 11.2 Å². The summed E-state index contributed by atoms with van der Waals surface area (Å²) in [6, 6.07) is 7.53. The van der Waals surface area contributed by atoms with Gasteiger partial charge in [-0.1, -0.05) is 11.3 Å². The Morgan fingerprint density at radius 1 is 1.15 bits per heavy atom. The fraction of sp³-hybridized carbons (Fsp3) is 0.364. The standard InChI is InChI=1S/C22H23F2N3O4S2/c1-4-27-20-18(24)9-16(23)10-19(20)32-22(27)25-21(28)15-5-7-17(8-6-15)33(29,30)26-11-13(2)31-14(3)12-26/h5-10,13-14H,4,11-12H2,1-3H3. The molecule has 2 atom stereocenters. The van der Waals surface area contributed by atoms with Crippen molar-refractivity contribution in [3.63, 3.8) is 0 Å². The third kappa shape index (κ3) is 4.63. The van der Waals surface area contributed by atoms with Crippen molar-refractivity contribution in [2.24, 2.45) is 4.99 Å². The highest BCUT2D eigenvalue weighted by molar-refractivity contribution is 7.89. The highest BCUT2D eigenvalue weighted by atomic mass is 32.2. The van der Waals surface area contributed by atoms with Crippen LogP contribution in [0.5, 0.6) is 0 Å². The van der Waals surface area contributed by atoms with Gasteiger partial charge in [0.1, 0.15) is 5.82 Å². The molecule has 0 saturated carbocycles. The van der Waals surface area contributed by atoms with Crippen molar-refractivity contribution < 1.29 is 26.7 Å². The van der Waals surface area contributed by atoms with Gasteiger partial charge < -0.3 is 9.30 Å². The molecule has 33 heavy (non-hydrogen) atoms. The van der Waals surface area contributed by atoms with E-state index >= 15 is 0 Å². The molecule has 11 heteroatoms. The van der Waals surface area contributed by atoms with Gasteiger partial charge in [-0.2, -0.15) is 9.30 Å². The first kappa shape index (κ1) is 23.7. The number of halogens is 2. The Morgan fingerprint density at radius 3 is 2.39 bits per heavy atom. The average molecular weight is 496 g/mol. The molecule has 0 N–H and O–H groups in total. The minimum absolute atomic E-state index is 0.0726. The number of carbonyl (C=O) groups is 1. The number of sulfonamides is 1. The summed E-state index contributed by atoms with van der Waals surface area (Å²) < 4.78 is 62.7. The maximum absolute atomic E-state index is 14.3. The Labute approximate surface area is 194 Å². The van der Waals surface area contributed by atoms with Crippen molar-refractivity contribution in [3.8, 4) is 0 Å². The Balaban J connectivity index is 1.64. The van der Waals surface area contributed by atoms with E-state index in [4.69, 9.17) is 4.74 Å². The molecule has 1 saturated heterocycles. The molecule has 0 aliphatic carbocycles. The first-order valence-electron chi connectivity index (χ1n) is 10.4. The quantitative estimate of drug-likeness (QED) is 0.555. The van der Waals surface area contributed by atoms with Crippen LogP contribution in [0.2, 0.25) is 0 Å². The van der Waals surface area contributed by atoms with Crippen LogP contribution >= 0.6 is 11.3 Å². The summed E-state index contributed by atoms with van der Waals surface area (Å²) in [6.07, 6.45) is -0.430. The van der Waals surface area contributed by atoms with E-state index in [-0.39, 0.29) is 46.1 Å². The molecule has 1 aliphatic rings. The lowest BCUT2D eigenvalue weighted by molar-refractivity contribution is -0.0440. The Morgan fingerprint density at radius 2 is 1.79 bits per heavy atom. The van der Waals surface area contributed by atoms with Crippen LogP contribution in [-0.2, 0) is 21.3 Å². The van der Waals surface area contributed by atoms with Crippen LogP contribution in [-0.4, -0.2) is 48.5 Å². The molecule has 0 bridgehead atoms. The van der Waals surface area contributed by atoms with Crippen LogP contribution < -0.4 is 4.80 Å². The summed E-state index contributed by atoms with van der Waals surface area (Å²) >= 11 is 1.01. The van der Waals surface area contributed by atoms with Gasteiger partial charge in [-0.05, 0) is 51.1 Å². The smallest absolute Gasteiger partial charge is 0.279 e. The number of hydrogen-bond donors (Lipinski definition) is 0. The average Bonchev–Trinajstić information content (AvgIpc) is 3.10. The number of rotatable bonds is 4. The molecule has 2 aromatic carbocycles. The normalized spacial score (nSPS) is 20.5.